The van der Waals surface area contributed by atoms with E-state index in [1.165, 1.54) is 4.68 Å². The van der Waals surface area contributed by atoms with Crippen molar-refractivity contribution < 1.29 is 4.74 Å². The predicted octanol–water partition coefficient (Wildman–Crippen LogP) is 0.854. The first-order valence-electron chi connectivity index (χ1n) is 5.66. The highest BCUT2D eigenvalue weighted by atomic mass is 16.5. The Balaban J connectivity index is 1.96. The molecule has 2 rings (SSSR count). The second-order valence-corrected chi connectivity index (χ2v) is 3.98. The van der Waals surface area contributed by atoms with E-state index in [2.05, 4.69) is 10.4 Å². The van der Waals surface area contributed by atoms with E-state index < -0.39 is 0 Å². The fraction of sp³-hybridized carbons (Fsp3) is 0.636. The number of nitrogens with one attached hydrogen (secondary N) is 1. The Morgan fingerprint density at radius 3 is 3.19 bits per heavy atom. The molecule has 0 aliphatic carbocycles. The number of aromatic nitrogens is 2. The number of rotatable bonds is 4. The van der Waals surface area contributed by atoms with Crippen LogP contribution >= 0.6 is 0 Å². The van der Waals surface area contributed by atoms with Gasteiger partial charge in [0.15, 0.2) is 0 Å². The van der Waals surface area contributed by atoms with Crippen LogP contribution in [0.5, 0.6) is 0 Å². The minimum absolute atomic E-state index is 0.0650. The summed E-state index contributed by atoms with van der Waals surface area (Å²) in [5.41, 5.74) is 0.684. The Hall–Kier alpha value is -1.36. The van der Waals surface area contributed by atoms with E-state index in [0.29, 0.717) is 12.6 Å². The van der Waals surface area contributed by atoms with Gasteiger partial charge in [-0.25, -0.2) is 4.68 Å². The van der Waals surface area contributed by atoms with Gasteiger partial charge in [0.1, 0.15) is 0 Å². The highest BCUT2D eigenvalue weighted by Crippen LogP contribution is 2.15. The molecule has 1 saturated heterocycles. The molecule has 0 spiro atoms. The average molecular weight is 223 g/mol. The van der Waals surface area contributed by atoms with E-state index in [0.717, 1.165) is 31.6 Å². The van der Waals surface area contributed by atoms with Crippen molar-refractivity contribution in [2.75, 3.05) is 19.0 Å². The van der Waals surface area contributed by atoms with Gasteiger partial charge in [0.25, 0.3) is 5.56 Å². The molecule has 1 N–H and O–H groups in total. The number of hydrogen-bond acceptors (Lipinski definition) is 4. The summed E-state index contributed by atoms with van der Waals surface area (Å²) in [5, 5.41) is 6.99. The third kappa shape index (κ3) is 2.61. The van der Waals surface area contributed by atoms with Gasteiger partial charge in [0.2, 0.25) is 0 Å². The maximum absolute atomic E-state index is 11.6. The lowest BCUT2D eigenvalue weighted by Crippen LogP contribution is -2.24. The maximum atomic E-state index is 11.6. The lowest BCUT2D eigenvalue weighted by Gasteiger charge is -2.10. The molecule has 0 saturated carbocycles. The van der Waals surface area contributed by atoms with Crippen LogP contribution in [0.15, 0.2) is 17.1 Å². The molecule has 1 unspecified atom stereocenters. The van der Waals surface area contributed by atoms with Crippen LogP contribution < -0.4 is 10.9 Å². The summed E-state index contributed by atoms with van der Waals surface area (Å²) in [5.74, 6) is 0. The SMILES string of the molecule is CNc1cnn(CCC2CCCO2)c(=O)c1. The highest BCUT2D eigenvalue weighted by Gasteiger charge is 2.15. The molecule has 1 atom stereocenters. The first kappa shape index (κ1) is 11.1. The second-order valence-electron chi connectivity index (χ2n) is 3.98. The van der Waals surface area contributed by atoms with E-state index in [9.17, 15) is 4.79 Å². The molecule has 0 bridgehead atoms. The Kier molecular flexibility index (Phi) is 3.56. The lowest BCUT2D eigenvalue weighted by molar-refractivity contribution is 0.0990. The quantitative estimate of drug-likeness (QED) is 0.822. The molecule has 0 radical (unpaired) electrons. The smallest absolute Gasteiger partial charge is 0.268 e. The molecule has 1 aliphatic heterocycles. The van der Waals surface area contributed by atoms with E-state index in [4.69, 9.17) is 4.74 Å². The van der Waals surface area contributed by atoms with Gasteiger partial charge < -0.3 is 10.1 Å². The molecular weight excluding hydrogens is 206 g/mol. The third-order valence-corrected chi connectivity index (χ3v) is 2.85. The highest BCUT2D eigenvalue weighted by molar-refractivity contribution is 5.37. The van der Waals surface area contributed by atoms with Gasteiger partial charge in [-0.15, -0.1) is 0 Å². The Labute approximate surface area is 94.4 Å². The summed E-state index contributed by atoms with van der Waals surface area (Å²) in [6.45, 7) is 1.49. The summed E-state index contributed by atoms with van der Waals surface area (Å²) in [7, 11) is 1.77. The molecule has 88 valence electrons. The van der Waals surface area contributed by atoms with Gasteiger partial charge in [-0.3, -0.25) is 4.79 Å². The third-order valence-electron chi connectivity index (χ3n) is 2.85. The molecule has 5 nitrogen and oxygen atoms in total. The Bertz CT molecular complexity index is 396. The van der Waals surface area contributed by atoms with Crippen LogP contribution in [0.1, 0.15) is 19.3 Å². The number of aryl methyl sites for hydroxylation is 1. The monoisotopic (exact) mass is 223 g/mol. The van der Waals surface area contributed by atoms with Crippen LogP contribution in [0.25, 0.3) is 0 Å². The summed E-state index contributed by atoms with van der Waals surface area (Å²) in [6.07, 6.45) is 5.07. The summed E-state index contributed by atoms with van der Waals surface area (Å²) in [4.78, 5) is 11.6. The minimum atomic E-state index is -0.0650. The van der Waals surface area contributed by atoms with Crippen molar-refractivity contribution >= 4 is 5.69 Å². The van der Waals surface area contributed by atoms with Crippen LogP contribution in [-0.2, 0) is 11.3 Å². The Morgan fingerprint density at radius 2 is 2.56 bits per heavy atom. The summed E-state index contributed by atoms with van der Waals surface area (Å²) >= 11 is 0. The normalized spacial score (nSPS) is 19.9. The van der Waals surface area contributed by atoms with Crippen molar-refractivity contribution in [2.45, 2.75) is 31.9 Å². The van der Waals surface area contributed by atoms with Gasteiger partial charge in [-0.05, 0) is 19.3 Å². The zero-order valence-corrected chi connectivity index (χ0v) is 9.48. The van der Waals surface area contributed by atoms with Crippen LogP contribution in [0.4, 0.5) is 5.69 Å². The molecule has 0 amide bonds. The van der Waals surface area contributed by atoms with Gasteiger partial charge in [-0.1, -0.05) is 0 Å². The number of anilines is 1. The van der Waals surface area contributed by atoms with Crippen LogP contribution in [0, 0.1) is 0 Å². The zero-order chi connectivity index (χ0) is 11.4. The Morgan fingerprint density at radius 1 is 1.69 bits per heavy atom. The molecular formula is C11H17N3O2. The fourth-order valence-corrected chi connectivity index (χ4v) is 1.88. The predicted molar refractivity (Wildman–Crippen MR) is 61.6 cm³/mol. The first-order valence-corrected chi connectivity index (χ1v) is 5.66. The van der Waals surface area contributed by atoms with Crippen molar-refractivity contribution in [2.24, 2.45) is 0 Å². The molecule has 16 heavy (non-hydrogen) atoms. The topological polar surface area (TPSA) is 56.1 Å². The standard InChI is InChI=1S/C11H17N3O2/c1-12-9-7-11(15)14(13-8-9)5-4-10-3-2-6-16-10/h7-8,10,12H,2-6H2,1H3. The second kappa shape index (κ2) is 5.12. The molecule has 2 heterocycles. The van der Waals surface area contributed by atoms with Crippen molar-refractivity contribution in [3.8, 4) is 0 Å². The van der Waals surface area contributed by atoms with Crippen molar-refractivity contribution in [3.63, 3.8) is 0 Å². The van der Waals surface area contributed by atoms with E-state index >= 15 is 0 Å². The van der Waals surface area contributed by atoms with E-state index in [1.807, 2.05) is 0 Å². The van der Waals surface area contributed by atoms with Gasteiger partial charge in [-0.2, -0.15) is 5.10 Å². The molecule has 1 aromatic rings. The number of ether oxygens (including phenoxy) is 1. The zero-order valence-electron chi connectivity index (χ0n) is 9.48. The maximum Gasteiger partial charge on any atom is 0.268 e. The van der Waals surface area contributed by atoms with Crippen LogP contribution in [0.3, 0.4) is 0 Å². The molecule has 5 heteroatoms. The van der Waals surface area contributed by atoms with E-state index in [-0.39, 0.29) is 5.56 Å². The number of hydrogen-bond donors (Lipinski definition) is 1. The van der Waals surface area contributed by atoms with Crippen LogP contribution in [-0.4, -0.2) is 29.5 Å². The van der Waals surface area contributed by atoms with Gasteiger partial charge in [0.05, 0.1) is 18.0 Å². The number of nitrogens with zero attached hydrogens (tertiary/aromatic N) is 2. The first-order chi connectivity index (χ1) is 7.79. The molecule has 1 fully saturated rings. The van der Waals surface area contributed by atoms with E-state index in [1.54, 1.807) is 19.3 Å². The average Bonchev–Trinajstić information content (AvgIpc) is 2.80. The van der Waals surface area contributed by atoms with Crippen molar-refractivity contribution in [1.82, 2.24) is 9.78 Å². The van der Waals surface area contributed by atoms with Gasteiger partial charge >= 0.3 is 0 Å². The molecule has 1 aliphatic rings. The molecule has 0 aromatic carbocycles. The largest absolute Gasteiger partial charge is 0.387 e. The minimum Gasteiger partial charge on any atom is -0.387 e. The summed E-state index contributed by atoms with van der Waals surface area (Å²) in [6, 6.07) is 1.56. The summed E-state index contributed by atoms with van der Waals surface area (Å²) < 4.78 is 6.99. The van der Waals surface area contributed by atoms with Crippen molar-refractivity contribution in [1.29, 1.82) is 0 Å². The van der Waals surface area contributed by atoms with Gasteiger partial charge in [0, 0.05) is 26.3 Å². The fourth-order valence-electron chi connectivity index (χ4n) is 1.88. The van der Waals surface area contributed by atoms with Crippen molar-refractivity contribution in [3.05, 3.63) is 22.6 Å². The molecule has 1 aromatic heterocycles. The van der Waals surface area contributed by atoms with Crippen LogP contribution in [0.2, 0.25) is 0 Å². The lowest BCUT2D eigenvalue weighted by atomic mass is 10.2.